The minimum atomic E-state index is -2.47. The van der Waals surface area contributed by atoms with Gasteiger partial charge in [0.15, 0.2) is 16.6 Å². The van der Waals surface area contributed by atoms with Crippen LogP contribution in [0.3, 0.4) is 0 Å². The van der Waals surface area contributed by atoms with E-state index in [0.717, 1.165) is 36.3 Å². The summed E-state index contributed by atoms with van der Waals surface area (Å²) in [6, 6.07) is 5.59. The first-order valence-electron chi connectivity index (χ1n) is 11.4. The lowest BCUT2D eigenvalue weighted by atomic mass is 10.9. The topological polar surface area (TPSA) is 36.9 Å². The Kier molecular flexibility index (Phi) is 12.0. The van der Waals surface area contributed by atoms with Crippen molar-refractivity contribution < 1.29 is 16.5 Å². The van der Waals surface area contributed by atoms with Crippen LogP contribution in [0.1, 0.15) is 41.5 Å². The number of hydrogen-bond acceptors (Lipinski definition) is 4. The Labute approximate surface area is 187 Å². The highest BCUT2D eigenvalue weighted by atomic mass is 28.5. The van der Waals surface area contributed by atoms with Gasteiger partial charge in [0.25, 0.3) is 0 Å². The largest absolute Gasteiger partial charge is 0.433 e. The van der Waals surface area contributed by atoms with Gasteiger partial charge in [0.1, 0.15) is 0 Å². The molecule has 0 aliphatic carbocycles. The van der Waals surface area contributed by atoms with Gasteiger partial charge in [0.05, 0.1) is 0 Å². The monoisotopic (exact) mass is 492 g/mol. The second-order valence-electron chi connectivity index (χ2n) is 8.88. The Hall–Kier alpha value is 0.404. The Morgan fingerprint density at radius 2 is 0.690 bits per heavy atom. The van der Waals surface area contributed by atoms with Gasteiger partial charge in [-0.3, -0.25) is 0 Å². The van der Waals surface area contributed by atoms with E-state index >= 15 is 0 Å². The molecule has 4 nitrogen and oxygen atoms in total. The summed E-state index contributed by atoms with van der Waals surface area (Å²) in [5, 5.41) is 0. The van der Waals surface area contributed by atoms with Crippen molar-refractivity contribution in [1.82, 2.24) is 0 Å². The van der Waals surface area contributed by atoms with Gasteiger partial charge < -0.3 is 16.5 Å². The highest BCUT2D eigenvalue weighted by Gasteiger charge is 2.52. The molecule has 29 heavy (non-hydrogen) atoms. The molecule has 9 heteroatoms. The molecular formula is C20H48O4Si5. The predicted octanol–water partition coefficient (Wildman–Crippen LogP) is 7.36. The van der Waals surface area contributed by atoms with Crippen LogP contribution in [-0.2, 0) is 16.5 Å². The van der Waals surface area contributed by atoms with Crippen molar-refractivity contribution in [3.05, 3.63) is 24.6 Å². The molecule has 0 amide bonds. The third-order valence-corrected chi connectivity index (χ3v) is 27.4. The van der Waals surface area contributed by atoms with Gasteiger partial charge in [-0.1, -0.05) is 52.9 Å². The fourth-order valence-corrected chi connectivity index (χ4v) is 27.2. The summed E-state index contributed by atoms with van der Waals surface area (Å²) in [5.41, 5.74) is 4.04. The summed E-state index contributed by atoms with van der Waals surface area (Å²) >= 11 is 0. The molecule has 0 N–H and O–H groups in total. The van der Waals surface area contributed by atoms with Crippen LogP contribution in [0.25, 0.3) is 0 Å². The van der Waals surface area contributed by atoms with Crippen molar-refractivity contribution in [3.63, 3.8) is 0 Å². The quantitative estimate of drug-likeness (QED) is 0.211. The maximum Gasteiger partial charge on any atom is 0.320 e. The van der Waals surface area contributed by atoms with Crippen LogP contribution in [0.15, 0.2) is 24.6 Å². The van der Waals surface area contributed by atoms with E-state index in [9.17, 15) is 0 Å². The molecule has 0 spiro atoms. The minimum absolute atomic E-state index is 0.922. The van der Waals surface area contributed by atoms with Gasteiger partial charge in [-0.15, -0.1) is 13.2 Å². The van der Waals surface area contributed by atoms with Crippen LogP contribution in [0.2, 0.25) is 62.5 Å². The van der Waals surface area contributed by atoms with E-state index in [1.807, 2.05) is 11.4 Å². The van der Waals surface area contributed by atoms with Gasteiger partial charge in [-0.05, 0) is 62.5 Å². The molecule has 0 bridgehead atoms. The van der Waals surface area contributed by atoms with Crippen LogP contribution < -0.4 is 0 Å². The highest BCUT2D eigenvalue weighted by Crippen LogP contribution is 2.36. The molecule has 0 aliphatic heterocycles. The van der Waals surface area contributed by atoms with E-state index in [-0.39, 0.29) is 0 Å². The molecule has 0 fully saturated rings. The lowest BCUT2D eigenvalue weighted by Gasteiger charge is -2.47. The second kappa shape index (κ2) is 11.9. The van der Waals surface area contributed by atoms with Gasteiger partial charge in [-0.2, -0.15) is 0 Å². The maximum atomic E-state index is 7.13. The molecule has 0 saturated carbocycles. The molecule has 0 aromatic rings. The molecule has 0 radical (unpaired) electrons. The standard InChI is InChI=1S/C20H48O4Si5/c1-13-25(9,10)21-27(15-3,16-4)23-29(19-7,20-8)24-28(17-5,18-6)22-26(11,12)14-2/h13-14H,1-2,15-20H2,3-12H3. The van der Waals surface area contributed by atoms with Crippen LogP contribution in [0, 0.1) is 0 Å². The first-order valence-corrected chi connectivity index (χ1v) is 24.1. The maximum absolute atomic E-state index is 7.13. The average molecular weight is 493 g/mol. The molecule has 0 saturated heterocycles. The summed E-state index contributed by atoms with van der Waals surface area (Å²) < 4.78 is 27.9. The Morgan fingerprint density at radius 1 is 0.483 bits per heavy atom. The first-order chi connectivity index (χ1) is 13.3. The van der Waals surface area contributed by atoms with E-state index < -0.39 is 42.3 Å². The SMILES string of the molecule is C=C[Si](C)(C)O[Si](CC)(CC)O[Si](CC)(CC)O[Si](CC)(CC)O[Si](C)(C)C=C. The van der Waals surface area contributed by atoms with Crippen molar-refractivity contribution in [1.29, 1.82) is 0 Å². The van der Waals surface area contributed by atoms with Crippen molar-refractivity contribution in [2.45, 2.75) is 104 Å². The van der Waals surface area contributed by atoms with E-state index in [1.54, 1.807) is 0 Å². The molecule has 0 aromatic heterocycles. The molecule has 0 rings (SSSR count). The van der Waals surface area contributed by atoms with Crippen molar-refractivity contribution in [3.8, 4) is 0 Å². The molecular weight excluding hydrogens is 445 g/mol. The van der Waals surface area contributed by atoms with Crippen LogP contribution in [0.5, 0.6) is 0 Å². The van der Waals surface area contributed by atoms with Crippen molar-refractivity contribution in [2.24, 2.45) is 0 Å². The van der Waals surface area contributed by atoms with Crippen LogP contribution >= 0.6 is 0 Å². The van der Waals surface area contributed by atoms with E-state index in [2.05, 4.69) is 80.9 Å². The van der Waals surface area contributed by atoms with Gasteiger partial charge >= 0.3 is 25.7 Å². The number of hydrogen-bond donors (Lipinski definition) is 0. The van der Waals surface area contributed by atoms with E-state index in [1.165, 1.54) is 0 Å². The number of rotatable bonds is 16. The smallest absolute Gasteiger partial charge is 0.320 e. The summed E-state index contributed by atoms with van der Waals surface area (Å²) in [6.45, 7) is 30.1. The molecule has 0 heterocycles. The van der Waals surface area contributed by atoms with E-state index in [0.29, 0.717) is 0 Å². The highest BCUT2D eigenvalue weighted by molar-refractivity contribution is 6.93. The van der Waals surface area contributed by atoms with Crippen LogP contribution in [0.4, 0.5) is 0 Å². The van der Waals surface area contributed by atoms with Crippen molar-refractivity contribution in [2.75, 3.05) is 0 Å². The predicted molar refractivity (Wildman–Crippen MR) is 140 cm³/mol. The van der Waals surface area contributed by atoms with Gasteiger partial charge in [0.2, 0.25) is 0 Å². The molecule has 0 atom stereocenters. The summed E-state index contributed by atoms with van der Waals surface area (Å²) in [6.07, 6.45) is 0. The Morgan fingerprint density at radius 3 is 0.862 bits per heavy atom. The summed E-state index contributed by atoms with van der Waals surface area (Å²) in [7, 11) is -11.2. The average Bonchev–Trinajstić information content (AvgIpc) is 2.71. The van der Waals surface area contributed by atoms with Crippen molar-refractivity contribution >= 4 is 42.3 Å². The summed E-state index contributed by atoms with van der Waals surface area (Å²) in [4.78, 5) is 0. The van der Waals surface area contributed by atoms with Crippen LogP contribution in [-0.4, -0.2) is 42.3 Å². The zero-order valence-electron chi connectivity index (χ0n) is 20.9. The lowest BCUT2D eigenvalue weighted by Crippen LogP contribution is -2.63. The Bertz CT molecular complexity index is 471. The summed E-state index contributed by atoms with van der Waals surface area (Å²) in [5.74, 6) is 0. The lowest BCUT2D eigenvalue weighted by molar-refractivity contribution is 0.276. The zero-order chi connectivity index (χ0) is 23.0. The normalized spacial score (nSPS) is 14.1. The van der Waals surface area contributed by atoms with E-state index in [4.69, 9.17) is 16.5 Å². The van der Waals surface area contributed by atoms with Gasteiger partial charge in [0, 0.05) is 0 Å². The third kappa shape index (κ3) is 8.45. The fourth-order valence-electron chi connectivity index (χ4n) is 3.40. The molecule has 0 unspecified atom stereocenters. The Balaban J connectivity index is 6.08. The zero-order valence-corrected chi connectivity index (χ0v) is 25.9. The first kappa shape index (κ1) is 29.4. The molecule has 0 aromatic carbocycles. The fraction of sp³-hybridized carbons (Fsp3) is 0.800. The minimum Gasteiger partial charge on any atom is -0.433 e. The van der Waals surface area contributed by atoms with Gasteiger partial charge in [-0.25, -0.2) is 0 Å². The third-order valence-electron chi connectivity index (χ3n) is 5.86. The molecule has 172 valence electrons. The molecule has 0 aliphatic rings. The second-order valence-corrected chi connectivity index (χ2v) is 29.1.